The lowest BCUT2D eigenvalue weighted by Gasteiger charge is -2.31. The highest BCUT2D eigenvalue weighted by Gasteiger charge is 2.23. The Morgan fingerprint density at radius 2 is 2.11 bits per heavy atom. The Labute approximate surface area is 121 Å². The second-order valence-electron chi connectivity index (χ2n) is 4.85. The molecule has 18 heavy (non-hydrogen) atoms. The molecule has 1 saturated heterocycles. The number of benzene rings is 1. The Morgan fingerprint density at radius 1 is 1.44 bits per heavy atom. The van der Waals surface area contributed by atoms with Gasteiger partial charge < -0.3 is 4.90 Å². The third-order valence-corrected chi connectivity index (χ3v) is 4.48. The molecule has 0 N–H and O–H groups in total. The van der Waals surface area contributed by atoms with Gasteiger partial charge in [0, 0.05) is 29.0 Å². The number of piperidine rings is 1. The molecular formula is C14H17BrClNO. The summed E-state index contributed by atoms with van der Waals surface area (Å²) in [5.41, 5.74) is 1.83. The van der Waals surface area contributed by atoms with Gasteiger partial charge >= 0.3 is 0 Å². The van der Waals surface area contributed by atoms with Gasteiger partial charge in [-0.2, -0.15) is 0 Å². The standard InChI is InChI=1S/C14H17BrClNO/c1-10-2-3-12(15)8-13(10)14(18)17-6-4-11(9-16)5-7-17/h2-3,8,11H,4-7,9H2,1H3. The zero-order valence-corrected chi connectivity index (χ0v) is 12.8. The lowest BCUT2D eigenvalue weighted by molar-refractivity contribution is 0.0697. The molecule has 98 valence electrons. The van der Waals surface area contributed by atoms with Crippen LogP contribution in [0.3, 0.4) is 0 Å². The van der Waals surface area contributed by atoms with Crippen LogP contribution in [0.4, 0.5) is 0 Å². The summed E-state index contributed by atoms with van der Waals surface area (Å²) < 4.78 is 0.951. The average molecular weight is 331 g/mol. The molecule has 1 aromatic carbocycles. The molecule has 1 aliphatic heterocycles. The number of hydrogen-bond donors (Lipinski definition) is 0. The summed E-state index contributed by atoms with van der Waals surface area (Å²) >= 11 is 9.28. The van der Waals surface area contributed by atoms with E-state index in [1.807, 2.05) is 30.0 Å². The molecule has 0 atom stereocenters. The van der Waals surface area contributed by atoms with Gasteiger partial charge in [0.25, 0.3) is 5.91 Å². The van der Waals surface area contributed by atoms with E-state index in [2.05, 4.69) is 15.9 Å². The third-order valence-electron chi connectivity index (χ3n) is 3.55. The fourth-order valence-corrected chi connectivity index (χ4v) is 2.96. The van der Waals surface area contributed by atoms with Crippen molar-refractivity contribution in [3.8, 4) is 0 Å². The number of alkyl halides is 1. The van der Waals surface area contributed by atoms with Crippen molar-refractivity contribution in [1.29, 1.82) is 0 Å². The number of halogens is 2. The summed E-state index contributed by atoms with van der Waals surface area (Å²) in [6, 6.07) is 5.85. The van der Waals surface area contributed by atoms with Crippen molar-refractivity contribution in [2.24, 2.45) is 5.92 Å². The van der Waals surface area contributed by atoms with Crippen LogP contribution >= 0.6 is 27.5 Å². The first-order valence-corrected chi connectivity index (χ1v) is 7.56. The van der Waals surface area contributed by atoms with Crippen LogP contribution in [0.15, 0.2) is 22.7 Å². The summed E-state index contributed by atoms with van der Waals surface area (Å²) in [5.74, 6) is 1.42. The Morgan fingerprint density at radius 3 is 2.72 bits per heavy atom. The van der Waals surface area contributed by atoms with E-state index in [0.29, 0.717) is 11.8 Å². The number of rotatable bonds is 2. The summed E-state index contributed by atoms with van der Waals surface area (Å²) in [7, 11) is 0. The van der Waals surface area contributed by atoms with Crippen molar-refractivity contribution in [3.63, 3.8) is 0 Å². The summed E-state index contributed by atoms with van der Waals surface area (Å²) in [5, 5.41) is 0. The summed E-state index contributed by atoms with van der Waals surface area (Å²) in [4.78, 5) is 14.4. The molecule has 0 spiro atoms. The maximum atomic E-state index is 12.4. The Kier molecular flexibility index (Phi) is 4.68. The SMILES string of the molecule is Cc1ccc(Br)cc1C(=O)N1CCC(CCl)CC1. The molecule has 0 bridgehead atoms. The van der Waals surface area contributed by atoms with Gasteiger partial charge in [-0.05, 0) is 43.4 Å². The number of hydrogen-bond acceptors (Lipinski definition) is 1. The van der Waals surface area contributed by atoms with E-state index < -0.39 is 0 Å². The zero-order valence-electron chi connectivity index (χ0n) is 10.5. The maximum Gasteiger partial charge on any atom is 0.254 e. The van der Waals surface area contributed by atoms with Gasteiger partial charge in [0.15, 0.2) is 0 Å². The number of nitrogens with zero attached hydrogens (tertiary/aromatic N) is 1. The van der Waals surface area contributed by atoms with Gasteiger partial charge in [-0.25, -0.2) is 0 Å². The maximum absolute atomic E-state index is 12.4. The highest BCUT2D eigenvalue weighted by molar-refractivity contribution is 9.10. The van der Waals surface area contributed by atoms with Crippen LogP contribution in [0.2, 0.25) is 0 Å². The van der Waals surface area contributed by atoms with E-state index >= 15 is 0 Å². The minimum atomic E-state index is 0.141. The number of likely N-dealkylation sites (tertiary alicyclic amines) is 1. The minimum absolute atomic E-state index is 0.141. The van der Waals surface area contributed by atoms with Crippen LogP contribution < -0.4 is 0 Å². The Balaban J connectivity index is 2.10. The van der Waals surface area contributed by atoms with Gasteiger partial charge in [0.05, 0.1) is 0 Å². The first-order chi connectivity index (χ1) is 8.61. The number of aryl methyl sites for hydroxylation is 1. The van der Waals surface area contributed by atoms with Crippen LogP contribution in [0.1, 0.15) is 28.8 Å². The second kappa shape index (κ2) is 6.07. The Bertz CT molecular complexity index is 441. The van der Waals surface area contributed by atoms with Gasteiger partial charge in [-0.15, -0.1) is 11.6 Å². The van der Waals surface area contributed by atoms with Crippen LogP contribution in [-0.2, 0) is 0 Å². The van der Waals surface area contributed by atoms with Crippen LogP contribution in [0.5, 0.6) is 0 Å². The smallest absolute Gasteiger partial charge is 0.254 e. The fraction of sp³-hybridized carbons (Fsp3) is 0.500. The number of carbonyl (C=O) groups excluding carboxylic acids is 1. The van der Waals surface area contributed by atoms with E-state index in [4.69, 9.17) is 11.6 Å². The zero-order chi connectivity index (χ0) is 13.1. The summed E-state index contributed by atoms with van der Waals surface area (Å²) in [6.07, 6.45) is 2.03. The predicted octanol–water partition coefficient (Wildman–Crippen LogP) is 3.85. The van der Waals surface area contributed by atoms with Crippen molar-refractivity contribution in [3.05, 3.63) is 33.8 Å². The summed E-state index contributed by atoms with van der Waals surface area (Å²) in [6.45, 7) is 3.62. The molecule has 4 heteroatoms. The number of amides is 1. The molecule has 0 aliphatic carbocycles. The number of carbonyl (C=O) groups is 1. The van der Waals surface area contributed by atoms with E-state index in [9.17, 15) is 4.79 Å². The van der Waals surface area contributed by atoms with E-state index in [1.54, 1.807) is 0 Å². The van der Waals surface area contributed by atoms with Gasteiger partial charge in [-0.1, -0.05) is 22.0 Å². The van der Waals surface area contributed by atoms with E-state index in [-0.39, 0.29) is 5.91 Å². The topological polar surface area (TPSA) is 20.3 Å². The first-order valence-electron chi connectivity index (χ1n) is 6.23. The van der Waals surface area contributed by atoms with Crippen molar-refractivity contribution < 1.29 is 4.79 Å². The first kappa shape index (κ1) is 13.9. The highest BCUT2D eigenvalue weighted by Crippen LogP contribution is 2.22. The quantitative estimate of drug-likeness (QED) is 0.754. The average Bonchev–Trinajstić information content (AvgIpc) is 2.41. The van der Waals surface area contributed by atoms with Crippen molar-refractivity contribution in [1.82, 2.24) is 4.90 Å². The fourth-order valence-electron chi connectivity index (χ4n) is 2.29. The molecule has 1 heterocycles. The molecule has 2 nitrogen and oxygen atoms in total. The monoisotopic (exact) mass is 329 g/mol. The van der Waals surface area contributed by atoms with E-state index in [1.165, 1.54) is 0 Å². The van der Waals surface area contributed by atoms with Crippen LogP contribution in [-0.4, -0.2) is 29.8 Å². The normalized spacial score (nSPS) is 16.9. The minimum Gasteiger partial charge on any atom is -0.339 e. The predicted molar refractivity (Wildman–Crippen MR) is 78.2 cm³/mol. The highest BCUT2D eigenvalue weighted by atomic mass is 79.9. The molecule has 0 radical (unpaired) electrons. The molecule has 0 saturated carbocycles. The molecule has 2 rings (SSSR count). The molecule has 1 aliphatic rings. The lowest BCUT2D eigenvalue weighted by Crippen LogP contribution is -2.39. The Hall–Kier alpha value is -0.540. The largest absolute Gasteiger partial charge is 0.339 e. The second-order valence-corrected chi connectivity index (χ2v) is 6.07. The van der Waals surface area contributed by atoms with E-state index in [0.717, 1.165) is 41.5 Å². The lowest BCUT2D eigenvalue weighted by atomic mass is 9.98. The molecule has 1 amide bonds. The van der Waals surface area contributed by atoms with Gasteiger partial charge in [0.1, 0.15) is 0 Å². The van der Waals surface area contributed by atoms with Crippen molar-refractivity contribution >= 4 is 33.4 Å². The molecule has 1 aromatic rings. The molecule has 0 unspecified atom stereocenters. The third kappa shape index (κ3) is 3.07. The van der Waals surface area contributed by atoms with Crippen molar-refractivity contribution in [2.45, 2.75) is 19.8 Å². The van der Waals surface area contributed by atoms with Crippen molar-refractivity contribution in [2.75, 3.05) is 19.0 Å². The van der Waals surface area contributed by atoms with Gasteiger partial charge in [0.2, 0.25) is 0 Å². The molecular weight excluding hydrogens is 314 g/mol. The van der Waals surface area contributed by atoms with Crippen LogP contribution in [0, 0.1) is 12.8 Å². The van der Waals surface area contributed by atoms with Crippen LogP contribution in [0.25, 0.3) is 0 Å². The molecule has 1 fully saturated rings. The van der Waals surface area contributed by atoms with Gasteiger partial charge in [-0.3, -0.25) is 4.79 Å². The molecule has 0 aromatic heterocycles.